The smallest absolute Gasteiger partial charge is 0.136 e. The summed E-state index contributed by atoms with van der Waals surface area (Å²) >= 11 is 0. The molecule has 0 spiro atoms. The van der Waals surface area contributed by atoms with Crippen molar-refractivity contribution in [3.8, 4) is 34.9 Å². The molecule has 0 unspecified atom stereocenters. The Morgan fingerprint density at radius 3 is 0.912 bits per heavy atom. The van der Waals surface area contributed by atoms with E-state index in [0.717, 1.165) is 153 Å². The van der Waals surface area contributed by atoms with Crippen LogP contribution in [0.2, 0.25) is 0 Å². The number of nitriles is 2. The zero-order valence-corrected chi connectivity index (χ0v) is 44.0. The van der Waals surface area contributed by atoms with Gasteiger partial charge in [-0.2, -0.15) is 10.5 Å². The SMILES string of the molecule is Cc1ccc2c(c1)c1cc(C)ccc1n2-c1c(C#N)c(-n2c3ccccc3c3c4c(ccc32)oc2ccccc24)c(-n2c3ccc(C)cc3c3cc(C)ccc32)c(C#N)c1-n1c2ccccc2c2c3c(ccc21)oc1ccccc13. The molecule has 0 atom stereocenters. The quantitative estimate of drug-likeness (QED) is 0.175. The Hall–Kier alpha value is -10.8. The summed E-state index contributed by atoms with van der Waals surface area (Å²) in [6.45, 7) is 8.50. The number of furan rings is 2. The third-order valence-electron chi connectivity index (χ3n) is 17.0. The average molecular weight is 1030 g/mol. The molecule has 8 nitrogen and oxygen atoms in total. The van der Waals surface area contributed by atoms with Crippen LogP contribution in [0.4, 0.5) is 0 Å². The summed E-state index contributed by atoms with van der Waals surface area (Å²) in [5.41, 5.74) is 17.9. The fourth-order valence-electron chi connectivity index (χ4n) is 13.8. The van der Waals surface area contributed by atoms with E-state index < -0.39 is 0 Å². The van der Waals surface area contributed by atoms with Crippen molar-refractivity contribution in [3.05, 3.63) is 228 Å². The Bertz CT molecular complexity index is 5280. The molecular weight excluding hydrogens is 981 g/mol. The average Bonchev–Trinajstić information content (AvgIpc) is 4.49. The number of aryl methyl sites for hydroxylation is 4. The molecule has 6 heterocycles. The van der Waals surface area contributed by atoms with Crippen molar-refractivity contribution in [3.63, 3.8) is 0 Å². The van der Waals surface area contributed by atoms with Gasteiger partial charge in [0.05, 0.1) is 66.9 Å². The van der Waals surface area contributed by atoms with Crippen molar-refractivity contribution in [1.29, 1.82) is 10.5 Å². The topological polar surface area (TPSA) is 93.6 Å². The van der Waals surface area contributed by atoms with Crippen LogP contribution in [0.3, 0.4) is 0 Å². The van der Waals surface area contributed by atoms with Crippen molar-refractivity contribution in [2.45, 2.75) is 27.7 Å². The molecule has 0 fully saturated rings. The van der Waals surface area contributed by atoms with E-state index >= 15 is 0 Å². The van der Waals surface area contributed by atoms with E-state index in [1.165, 1.54) is 0 Å². The van der Waals surface area contributed by atoms with Crippen molar-refractivity contribution in [1.82, 2.24) is 18.3 Å². The fraction of sp³-hybridized carbons (Fsp3) is 0.0556. The number of rotatable bonds is 4. The van der Waals surface area contributed by atoms with Gasteiger partial charge >= 0.3 is 0 Å². The van der Waals surface area contributed by atoms with Gasteiger partial charge < -0.3 is 27.1 Å². The van der Waals surface area contributed by atoms with E-state index in [2.05, 4.69) is 228 Å². The molecule has 80 heavy (non-hydrogen) atoms. The minimum atomic E-state index is 0.392. The zero-order chi connectivity index (χ0) is 53.4. The van der Waals surface area contributed by atoms with Gasteiger partial charge in [-0.25, -0.2) is 0 Å². The molecule has 17 aromatic rings. The Labute approximate surface area is 456 Å². The van der Waals surface area contributed by atoms with Crippen LogP contribution < -0.4 is 0 Å². The lowest BCUT2D eigenvalue weighted by atomic mass is 9.98. The maximum absolute atomic E-state index is 12.9. The van der Waals surface area contributed by atoms with Crippen LogP contribution in [-0.4, -0.2) is 18.3 Å². The van der Waals surface area contributed by atoms with Gasteiger partial charge in [-0.05, 0) is 125 Å². The molecule has 6 aromatic heterocycles. The van der Waals surface area contributed by atoms with Crippen LogP contribution in [0.1, 0.15) is 33.4 Å². The highest BCUT2D eigenvalue weighted by Crippen LogP contribution is 2.51. The highest BCUT2D eigenvalue weighted by molar-refractivity contribution is 6.29. The molecule has 0 bridgehead atoms. The summed E-state index contributed by atoms with van der Waals surface area (Å²) < 4.78 is 22.3. The fourth-order valence-corrected chi connectivity index (χ4v) is 13.8. The Morgan fingerprint density at radius 2 is 0.562 bits per heavy atom. The summed E-state index contributed by atoms with van der Waals surface area (Å²) in [4.78, 5) is 0. The number of hydrogen-bond donors (Lipinski definition) is 0. The minimum Gasteiger partial charge on any atom is -0.456 e. The van der Waals surface area contributed by atoms with Crippen LogP contribution in [-0.2, 0) is 0 Å². The lowest BCUT2D eigenvalue weighted by molar-refractivity contribution is 0.669. The van der Waals surface area contributed by atoms with E-state index in [1.54, 1.807) is 0 Å². The lowest BCUT2D eigenvalue weighted by Gasteiger charge is -2.27. The molecule has 0 saturated heterocycles. The Balaban J connectivity index is 1.19. The van der Waals surface area contributed by atoms with E-state index in [1.807, 2.05) is 24.3 Å². The summed E-state index contributed by atoms with van der Waals surface area (Å²) in [7, 11) is 0. The third kappa shape index (κ3) is 5.71. The standard InChI is InChI=1S/C72H44N6O2/c1-39-21-25-55-47(33-39)48-34-40(2)22-26-56(48)75(55)69-51(37-73)72(78-54-18-10-6-14-44(54)66-60(78)30-32-64-68(66)46-16-8-12-20-62(46)80-64)70(76-57-27-23-41(3)35-49(57)50-36-42(4)24-28-58(50)76)52(38-74)71(69)77-53-17-9-5-13-43(53)65-59(77)29-31-63-67(65)45-15-7-11-19-61(45)79-63/h5-36H,1-4H3. The maximum atomic E-state index is 12.9. The van der Waals surface area contributed by atoms with Crippen LogP contribution in [0, 0.1) is 50.4 Å². The van der Waals surface area contributed by atoms with Gasteiger partial charge in [-0.15, -0.1) is 0 Å². The van der Waals surface area contributed by atoms with E-state index in [0.29, 0.717) is 33.9 Å². The predicted octanol–water partition coefficient (Wildman–Crippen LogP) is 18.9. The van der Waals surface area contributed by atoms with Gasteiger partial charge in [0.15, 0.2) is 0 Å². The lowest BCUT2D eigenvalue weighted by Crippen LogP contribution is -2.16. The minimum absolute atomic E-state index is 0.392. The molecule has 0 aliphatic carbocycles. The first-order valence-corrected chi connectivity index (χ1v) is 27.0. The first-order valence-electron chi connectivity index (χ1n) is 27.0. The molecule has 8 heteroatoms. The van der Waals surface area contributed by atoms with E-state index in [-0.39, 0.29) is 0 Å². The number of nitrogens with zero attached hydrogens (tertiary/aromatic N) is 6. The molecule has 0 N–H and O–H groups in total. The van der Waals surface area contributed by atoms with Crippen molar-refractivity contribution >= 4 is 131 Å². The largest absolute Gasteiger partial charge is 0.456 e. The zero-order valence-electron chi connectivity index (χ0n) is 44.0. The van der Waals surface area contributed by atoms with E-state index in [9.17, 15) is 10.5 Å². The van der Waals surface area contributed by atoms with Gasteiger partial charge in [-0.3, -0.25) is 0 Å². The van der Waals surface area contributed by atoms with Crippen LogP contribution >= 0.6 is 0 Å². The van der Waals surface area contributed by atoms with Gasteiger partial charge in [-0.1, -0.05) is 119 Å². The number of hydrogen-bond acceptors (Lipinski definition) is 4. The molecular formula is C72H44N6O2. The summed E-state index contributed by atoms with van der Waals surface area (Å²) in [5, 5.41) is 38.0. The molecule has 0 amide bonds. The second-order valence-corrected chi connectivity index (χ2v) is 21.7. The summed E-state index contributed by atoms with van der Waals surface area (Å²) in [5.74, 6) is 0. The van der Waals surface area contributed by atoms with Gasteiger partial charge in [0.25, 0.3) is 0 Å². The summed E-state index contributed by atoms with van der Waals surface area (Å²) in [6, 6.07) is 74.0. The summed E-state index contributed by atoms with van der Waals surface area (Å²) in [6.07, 6.45) is 0. The highest BCUT2D eigenvalue weighted by atomic mass is 16.3. The van der Waals surface area contributed by atoms with Gasteiger partial charge in [0, 0.05) is 64.6 Å². The van der Waals surface area contributed by atoms with Crippen molar-refractivity contribution < 1.29 is 8.83 Å². The Kier molecular flexibility index (Phi) is 8.81. The first-order chi connectivity index (χ1) is 39.3. The molecule has 374 valence electrons. The van der Waals surface area contributed by atoms with Crippen LogP contribution in [0.5, 0.6) is 0 Å². The molecule has 0 aliphatic heterocycles. The first kappa shape index (κ1) is 44.3. The molecule has 0 saturated carbocycles. The van der Waals surface area contributed by atoms with Crippen LogP contribution in [0.25, 0.3) is 154 Å². The van der Waals surface area contributed by atoms with Gasteiger partial charge in [0.1, 0.15) is 45.6 Å². The van der Waals surface area contributed by atoms with Crippen molar-refractivity contribution in [2.75, 3.05) is 0 Å². The normalized spacial score (nSPS) is 12.2. The maximum Gasteiger partial charge on any atom is 0.136 e. The highest BCUT2D eigenvalue weighted by Gasteiger charge is 2.35. The van der Waals surface area contributed by atoms with Crippen molar-refractivity contribution in [2.24, 2.45) is 0 Å². The monoisotopic (exact) mass is 1020 g/mol. The van der Waals surface area contributed by atoms with E-state index in [4.69, 9.17) is 8.83 Å². The second kappa shape index (κ2) is 15.9. The number of para-hydroxylation sites is 4. The molecule has 0 radical (unpaired) electrons. The van der Waals surface area contributed by atoms with Gasteiger partial charge in [0.2, 0.25) is 0 Å². The number of fused-ring (bicyclic) bond motifs is 20. The Morgan fingerprint density at radius 1 is 0.275 bits per heavy atom. The number of aromatic nitrogens is 4. The third-order valence-corrected chi connectivity index (χ3v) is 17.0. The predicted molar refractivity (Wildman–Crippen MR) is 327 cm³/mol. The molecule has 0 aliphatic rings. The molecule has 11 aromatic carbocycles. The second-order valence-electron chi connectivity index (χ2n) is 21.7. The number of benzene rings is 11. The van der Waals surface area contributed by atoms with Crippen LogP contribution in [0.15, 0.2) is 203 Å². The molecule has 17 rings (SSSR count).